The Labute approximate surface area is 122 Å². The first-order chi connectivity index (χ1) is 9.51. The summed E-state index contributed by atoms with van der Waals surface area (Å²) in [6.45, 7) is -0.0594. The van der Waals surface area contributed by atoms with Gasteiger partial charge in [-0.1, -0.05) is 15.9 Å². The number of nitrogens with one attached hydrogen (secondary N) is 1. The lowest BCUT2D eigenvalue weighted by atomic mass is 10.1. The van der Waals surface area contributed by atoms with Crippen LogP contribution in [0.15, 0.2) is 34.8 Å². The molecule has 6 heteroatoms. The lowest BCUT2D eigenvalue weighted by Gasteiger charge is -2.10. The van der Waals surface area contributed by atoms with Gasteiger partial charge in [-0.05, 0) is 35.9 Å². The van der Waals surface area contributed by atoms with E-state index in [1.54, 1.807) is 0 Å². The van der Waals surface area contributed by atoms with E-state index in [0.717, 1.165) is 24.3 Å². The minimum Gasteiger partial charge on any atom is -0.376 e. The molecule has 2 nitrogen and oxygen atoms in total. The van der Waals surface area contributed by atoms with E-state index in [-0.39, 0.29) is 22.3 Å². The topological polar surface area (TPSA) is 35.8 Å². The zero-order chi connectivity index (χ0) is 14.7. The quantitative estimate of drug-likeness (QED) is 0.901. The molecule has 0 heterocycles. The van der Waals surface area contributed by atoms with Crippen LogP contribution in [0.3, 0.4) is 0 Å². The fourth-order valence-corrected chi connectivity index (χ4v) is 2.11. The molecule has 0 aliphatic heterocycles. The summed E-state index contributed by atoms with van der Waals surface area (Å²) in [7, 11) is 0. The average Bonchev–Trinajstić information content (AvgIpc) is 2.37. The van der Waals surface area contributed by atoms with Gasteiger partial charge in [-0.3, -0.25) is 0 Å². The van der Waals surface area contributed by atoms with E-state index in [9.17, 15) is 13.2 Å². The van der Waals surface area contributed by atoms with Crippen molar-refractivity contribution in [2.45, 2.75) is 6.54 Å². The summed E-state index contributed by atoms with van der Waals surface area (Å²) in [6, 6.07) is 7.75. The second-order valence-electron chi connectivity index (χ2n) is 4.01. The molecule has 0 saturated heterocycles. The summed E-state index contributed by atoms with van der Waals surface area (Å²) in [5.74, 6) is -2.06. The molecule has 0 radical (unpaired) electrons. The van der Waals surface area contributed by atoms with Gasteiger partial charge in [0.2, 0.25) is 0 Å². The van der Waals surface area contributed by atoms with Gasteiger partial charge in [0.1, 0.15) is 23.1 Å². The minimum absolute atomic E-state index is 0.0594. The van der Waals surface area contributed by atoms with E-state index in [0.29, 0.717) is 5.56 Å². The molecule has 0 amide bonds. The summed E-state index contributed by atoms with van der Waals surface area (Å²) in [5, 5.41) is 11.4. The Hall–Kier alpha value is -2.00. The smallest absolute Gasteiger partial charge is 0.150 e. The fourth-order valence-electron chi connectivity index (χ4n) is 1.71. The van der Waals surface area contributed by atoms with Crippen molar-refractivity contribution in [2.75, 3.05) is 5.32 Å². The summed E-state index contributed by atoms with van der Waals surface area (Å²) in [6.07, 6.45) is 0. The van der Waals surface area contributed by atoms with E-state index in [2.05, 4.69) is 21.2 Å². The molecular weight excluding hydrogens is 333 g/mol. The molecule has 0 saturated carbocycles. The maximum absolute atomic E-state index is 13.6. The molecule has 2 rings (SSSR count). The lowest BCUT2D eigenvalue weighted by Crippen LogP contribution is -2.06. The molecule has 0 aliphatic rings. The Bertz CT molecular complexity index is 672. The highest BCUT2D eigenvalue weighted by molar-refractivity contribution is 9.10. The van der Waals surface area contributed by atoms with Gasteiger partial charge < -0.3 is 5.32 Å². The normalized spacial score (nSPS) is 10.2. The van der Waals surface area contributed by atoms with E-state index in [1.165, 1.54) is 6.07 Å². The van der Waals surface area contributed by atoms with Gasteiger partial charge in [0.05, 0.1) is 11.6 Å². The molecule has 0 bridgehead atoms. The molecule has 20 heavy (non-hydrogen) atoms. The maximum atomic E-state index is 13.6. The molecule has 2 aromatic rings. The number of hydrogen-bond donors (Lipinski definition) is 1. The maximum Gasteiger partial charge on any atom is 0.150 e. The molecule has 0 spiro atoms. The first-order valence-corrected chi connectivity index (χ1v) is 6.37. The van der Waals surface area contributed by atoms with E-state index < -0.39 is 17.5 Å². The van der Waals surface area contributed by atoms with Crippen LogP contribution in [-0.2, 0) is 6.54 Å². The SMILES string of the molecule is N#Cc1ccc(F)cc1CNc1c(F)cc(Br)cc1F. The number of rotatable bonds is 3. The van der Waals surface area contributed by atoms with Crippen LogP contribution < -0.4 is 5.32 Å². The molecule has 0 unspecified atom stereocenters. The Morgan fingerprint density at radius 2 is 1.75 bits per heavy atom. The van der Waals surface area contributed by atoms with Crippen LogP contribution in [0.4, 0.5) is 18.9 Å². The van der Waals surface area contributed by atoms with Crippen molar-refractivity contribution in [2.24, 2.45) is 0 Å². The van der Waals surface area contributed by atoms with Crippen molar-refractivity contribution in [3.63, 3.8) is 0 Å². The van der Waals surface area contributed by atoms with E-state index >= 15 is 0 Å². The third kappa shape index (κ3) is 3.11. The van der Waals surface area contributed by atoms with E-state index in [4.69, 9.17) is 5.26 Å². The highest BCUT2D eigenvalue weighted by Gasteiger charge is 2.11. The Morgan fingerprint density at radius 3 is 2.35 bits per heavy atom. The second-order valence-corrected chi connectivity index (χ2v) is 4.93. The lowest BCUT2D eigenvalue weighted by molar-refractivity contribution is 0.586. The summed E-state index contributed by atoms with van der Waals surface area (Å²) < 4.78 is 40.6. The van der Waals surface area contributed by atoms with Crippen LogP contribution in [0.25, 0.3) is 0 Å². The van der Waals surface area contributed by atoms with Crippen LogP contribution in [0.2, 0.25) is 0 Å². The molecule has 0 fully saturated rings. The largest absolute Gasteiger partial charge is 0.376 e. The molecule has 1 N–H and O–H groups in total. The third-order valence-corrected chi connectivity index (χ3v) is 3.11. The van der Waals surface area contributed by atoms with Gasteiger partial charge in [-0.15, -0.1) is 0 Å². The van der Waals surface area contributed by atoms with Crippen LogP contribution in [0, 0.1) is 28.8 Å². The summed E-state index contributed by atoms with van der Waals surface area (Å²) in [4.78, 5) is 0. The number of nitrogens with zero attached hydrogens (tertiary/aromatic N) is 1. The van der Waals surface area contributed by atoms with Crippen molar-refractivity contribution in [3.05, 3.63) is 63.4 Å². The molecule has 2 aromatic carbocycles. The number of halogens is 4. The Kier molecular flexibility index (Phi) is 4.30. The fraction of sp³-hybridized carbons (Fsp3) is 0.0714. The third-order valence-electron chi connectivity index (χ3n) is 2.65. The Balaban J connectivity index is 2.26. The zero-order valence-corrected chi connectivity index (χ0v) is 11.6. The van der Waals surface area contributed by atoms with Gasteiger partial charge in [-0.25, -0.2) is 13.2 Å². The van der Waals surface area contributed by atoms with Crippen molar-refractivity contribution >= 4 is 21.6 Å². The summed E-state index contributed by atoms with van der Waals surface area (Å²) in [5.41, 5.74) is 0.257. The first-order valence-electron chi connectivity index (χ1n) is 5.58. The molecule has 0 aliphatic carbocycles. The van der Waals surface area contributed by atoms with Gasteiger partial charge in [0.25, 0.3) is 0 Å². The van der Waals surface area contributed by atoms with Crippen LogP contribution >= 0.6 is 15.9 Å². The number of anilines is 1. The predicted octanol–water partition coefficient (Wildman–Crippen LogP) is 4.35. The van der Waals surface area contributed by atoms with Gasteiger partial charge in [-0.2, -0.15) is 5.26 Å². The van der Waals surface area contributed by atoms with Gasteiger partial charge in [0, 0.05) is 11.0 Å². The monoisotopic (exact) mass is 340 g/mol. The number of nitriles is 1. The minimum atomic E-state index is -0.771. The van der Waals surface area contributed by atoms with Gasteiger partial charge >= 0.3 is 0 Å². The molecule has 0 aromatic heterocycles. The standard InChI is InChI=1S/C14H8BrF3N2/c15-10-4-12(17)14(13(18)5-10)20-7-9-3-11(16)2-1-8(9)6-19/h1-5,20H,7H2. The molecule has 102 valence electrons. The highest BCUT2D eigenvalue weighted by Crippen LogP contribution is 2.24. The Morgan fingerprint density at radius 1 is 1.10 bits per heavy atom. The van der Waals surface area contributed by atoms with Crippen molar-refractivity contribution < 1.29 is 13.2 Å². The van der Waals surface area contributed by atoms with Crippen LogP contribution in [0.5, 0.6) is 0 Å². The molecule has 0 atom stereocenters. The number of benzene rings is 2. The zero-order valence-electron chi connectivity index (χ0n) is 10.1. The van der Waals surface area contributed by atoms with Crippen molar-refractivity contribution in [1.82, 2.24) is 0 Å². The van der Waals surface area contributed by atoms with Crippen LogP contribution in [0.1, 0.15) is 11.1 Å². The van der Waals surface area contributed by atoms with Crippen molar-refractivity contribution in [1.29, 1.82) is 5.26 Å². The summed E-state index contributed by atoms with van der Waals surface area (Å²) >= 11 is 2.98. The average molecular weight is 341 g/mol. The highest BCUT2D eigenvalue weighted by atomic mass is 79.9. The first kappa shape index (κ1) is 14.4. The van der Waals surface area contributed by atoms with Gasteiger partial charge in [0.15, 0.2) is 0 Å². The molecular formula is C14H8BrF3N2. The van der Waals surface area contributed by atoms with Crippen molar-refractivity contribution in [3.8, 4) is 6.07 Å². The predicted molar refractivity (Wildman–Crippen MR) is 72.5 cm³/mol. The number of hydrogen-bond acceptors (Lipinski definition) is 2. The van der Waals surface area contributed by atoms with Crippen LogP contribution in [-0.4, -0.2) is 0 Å². The second kappa shape index (κ2) is 5.97. The van der Waals surface area contributed by atoms with E-state index in [1.807, 2.05) is 6.07 Å².